The van der Waals surface area contributed by atoms with Gasteiger partial charge in [-0.05, 0) is 57.3 Å². The Morgan fingerprint density at radius 1 is 0.489 bits per heavy atom. The van der Waals surface area contributed by atoms with Crippen LogP contribution in [-0.2, 0) is 6.42 Å². The molecule has 0 N–H and O–H groups in total. The van der Waals surface area contributed by atoms with Gasteiger partial charge in [0.15, 0.2) is 17.5 Å². The number of allylic oxidation sites excluding steroid dienone is 1. The third-order valence-electron chi connectivity index (χ3n) is 8.77. The van der Waals surface area contributed by atoms with Crippen LogP contribution in [0.15, 0.2) is 144 Å². The zero-order valence-corrected chi connectivity index (χ0v) is 24.4. The molecule has 2 heterocycles. The van der Waals surface area contributed by atoms with Crippen molar-refractivity contribution in [3.05, 3.63) is 157 Å². The molecule has 45 heavy (non-hydrogen) atoms. The number of hydrogen-bond acceptors (Lipinski definition) is 4. The zero-order chi connectivity index (χ0) is 29.7. The number of furan rings is 1. The van der Waals surface area contributed by atoms with Crippen molar-refractivity contribution in [3.8, 4) is 33.9 Å². The lowest BCUT2D eigenvalue weighted by atomic mass is 9.91. The van der Waals surface area contributed by atoms with E-state index < -0.39 is 0 Å². The van der Waals surface area contributed by atoms with E-state index in [2.05, 4.69) is 109 Å². The van der Waals surface area contributed by atoms with Crippen molar-refractivity contribution in [2.45, 2.75) is 12.8 Å². The summed E-state index contributed by atoms with van der Waals surface area (Å²) in [5.41, 5.74) is 7.22. The number of aryl methyl sites for hydroxylation is 1. The summed E-state index contributed by atoms with van der Waals surface area (Å²) in [6, 6.07) is 46.5. The van der Waals surface area contributed by atoms with Crippen LogP contribution >= 0.6 is 0 Å². The molecule has 0 radical (unpaired) electrons. The minimum absolute atomic E-state index is 0.654. The average molecular weight is 578 g/mol. The first-order valence-corrected chi connectivity index (χ1v) is 15.3. The van der Waals surface area contributed by atoms with E-state index in [0.29, 0.717) is 17.5 Å². The highest BCUT2D eigenvalue weighted by Gasteiger charge is 2.25. The van der Waals surface area contributed by atoms with Crippen LogP contribution in [0.3, 0.4) is 0 Å². The first-order valence-electron chi connectivity index (χ1n) is 15.3. The monoisotopic (exact) mass is 577 g/mol. The van der Waals surface area contributed by atoms with Gasteiger partial charge in [0.2, 0.25) is 0 Å². The quantitative estimate of drug-likeness (QED) is 0.209. The molecule has 212 valence electrons. The molecule has 0 saturated carbocycles. The molecular weight excluding hydrogens is 550 g/mol. The van der Waals surface area contributed by atoms with E-state index in [1.165, 1.54) is 21.7 Å². The Hall–Kier alpha value is -5.87. The number of nitrogens with zero attached hydrogens (tertiary/aromatic N) is 3. The Bertz CT molecular complexity index is 2430. The molecule has 0 fully saturated rings. The fourth-order valence-corrected chi connectivity index (χ4v) is 6.59. The summed E-state index contributed by atoms with van der Waals surface area (Å²) in [6.45, 7) is 0. The second-order valence-electron chi connectivity index (χ2n) is 11.5. The number of benzene rings is 6. The van der Waals surface area contributed by atoms with E-state index >= 15 is 0 Å². The third-order valence-corrected chi connectivity index (χ3v) is 8.77. The molecule has 8 aromatic rings. The maximum Gasteiger partial charge on any atom is 0.164 e. The highest BCUT2D eigenvalue weighted by molar-refractivity contribution is 6.02. The van der Waals surface area contributed by atoms with Crippen molar-refractivity contribution in [1.82, 2.24) is 15.0 Å². The third kappa shape index (κ3) is 4.42. The van der Waals surface area contributed by atoms with E-state index in [4.69, 9.17) is 19.4 Å². The summed E-state index contributed by atoms with van der Waals surface area (Å²) in [4.78, 5) is 15.2. The summed E-state index contributed by atoms with van der Waals surface area (Å²) in [7, 11) is 0. The van der Waals surface area contributed by atoms with Gasteiger partial charge in [0.1, 0.15) is 11.3 Å². The van der Waals surface area contributed by atoms with Gasteiger partial charge in [0.05, 0.1) is 0 Å². The molecule has 9 rings (SSSR count). The van der Waals surface area contributed by atoms with Gasteiger partial charge in [-0.3, -0.25) is 0 Å². The summed E-state index contributed by atoms with van der Waals surface area (Å²) in [6.07, 6.45) is 3.96. The summed E-state index contributed by atoms with van der Waals surface area (Å²) < 4.78 is 6.49. The van der Waals surface area contributed by atoms with Gasteiger partial charge in [-0.1, -0.05) is 121 Å². The minimum Gasteiger partial charge on any atom is -0.460 e. The predicted octanol–water partition coefficient (Wildman–Crippen LogP) is 10.3. The molecule has 6 aromatic carbocycles. The van der Waals surface area contributed by atoms with Crippen LogP contribution in [0.25, 0.3) is 72.0 Å². The number of hydrogen-bond donors (Lipinski definition) is 0. The van der Waals surface area contributed by atoms with Crippen molar-refractivity contribution >= 4 is 38.1 Å². The fraction of sp³-hybridized carbons (Fsp3) is 0.0488. The predicted molar refractivity (Wildman–Crippen MR) is 183 cm³/mol. The van der Waals surface area contributed by atoms with E-state index in [0.717, 1.165) is 62.8 Å². The first kappa shape index (κ1) is 25.6. The summed E-state index contributed by atoms with van der Waals surface area (Å²) in [5, 5.41) is 5.88. The maximum atomic E-state index is 6.49. The van der Waals surface area contributed by atoms with Crippen molar-refractivity contribution in [3.63, 3.8) is 0 Å². The lowest BCUT2D eigenvalue weighted by Crippen LogP contribution is -2.06. The molecule has 1 aliphatic rings. The first-order chi connectivity index (χ1) is 22.3. The molecule has 0 aliphatic heterocycles. The SMILES string of the molecule is C1=C(c2nc(-c3ccccc3)nc(-c3ccc4ccccc4c3)n2)c2c(oc3ccc(-c4cccc5ccccc45)cc23)CC1. The van der Waals surface area contributed by atoms with Crippen molar-refractivity contribution in [2.24, 2.45) is 0 Å². The Morgan fingerprint density at radius 3 is 2.09 bits per heavy atom. The molecule has 0 atom stereocenters. The number of aromatic nitrogens is 3. The molecule has 0 unspecified atom stereocenters. The van der Waals surface area contributed by atoms with Crippen LogP contribution in [0.5, 0.6) is 0 Å². The van der Waals surface area contributed by atoms with Gasteiger partial charge in [-0.2, -0.15) is 0 Å². The zero-order valence-electron chi connectivity index (χ0n) is 24.4. The molecule has 4 heteroatoms. The largest absolute Gasteiger partial charge is 0.460 e. The van der Waals surface area contributed by atoms with Crippen LogP contribution in [0.2, 0.25) is 0 Å². The normalized spacial score (nSPS) is 12.8. The van der Waals surface area contributed by atoms with Gasteiger partial charge in [0.25, 0.3) is 0 Å². The molecule has 2 aromatic heterocycles. The number of rotatable bonds is 4. The lowest BCUT2D eigenvalue weighted by Gasteiger charge is -2.15. The second kappa shape index (κ2) is 10.4. The Labute approximate surface area is 260 Å². The smallest absolute Gasteiger partial charge is 0.164 e. The van der Waals surface area contributed by atoms with Gasteiger partial charge in [-0.25, -0.2) is 15.0 Å². The van der Waals surface area contributed by atoms with Crippen molar-refractivity contribution < 1.29 is 4.42 Å². The highest BCUT2D eigenvalue weighted by atomic mass is 16.3. The Kier molecular flexibility index (Phi) is 5.91. The van der Waals surface area contributed by atoms with Crippen molar-refractivity contribution in [2.75, 3.05) is 0 Å². The van der Waals surface area contributed by atoms with Gasteiger partial charge >= 0.3 is 0 Å². The van der Waals surface area contributed by atoms with Gasteiger partial charge < -0.3 is 4.42 Å². The maximum absolute atomic E-state index is 6.49. The summed E-state index contributed by atoms with van der Waals surface area (Å²) >= 11 is 0. The molecule has 1 aliphatic carbocycles. The molecular formula is C41H27N3O. The molecule has 0 bridgehead atoms. The van der Waals surface area contributed by atoms with E-state index in [-0.39, 0.29) is 0 Å². The molecule has 0 saturated heterocycles. The van der Waals surface area contributed by atoms with Gasteiger partial charge in [-0.15, -0.1) is 0 Å². The topological polar surface area (TPSA) is 51.8 Å². The van der Waals surface area contributed by atoms with Crippen LogP contribution in [-0.4, -0.2) is 15.0 Å². The fourth-order valence-electron chi connectivity index (χ4n) is 6.59. The van der Waals surface area contributed by atoms with Gasteiger partial charge in [0, 0.05) is 34.1 Å². The second-order valence-corrected chi connectivity index (χ2v) is 11.5. The van der Waals surface area contributed by atoms with E-state index in [1.54, 1.807) is 0 Å². The average Bonchev–Trinajstić information content (AvgIpc) is 3.49. The van der Waals surface area contributed by atoms with E-state index in [1.807, 2.05) is 30.3 Å². The lowest BCUT2D eigenvalue weighted by molar-refractivity contribution is 0.545. The standard InChI is InChI=1S/C41H27N3O/c1-2-12-28(13-3-1)39-42-40(31-21-20-26-10-4-5-14-29(26)24-31)44-41(43-39)34-18-9-19-37-38(34)35-25-30(22-23-36(35)45-37)33-17-8-15-27-11-6-7-16-32(27)33/h1-8,10-18,20-25H,9,19H2. The summed E-state index contributed by atoms with van der Waals surface area (Å²) in [5.74, 6) is 2.95. The molecule has 4 nitrogen and oxygen atoms in total. The highest BCUT2D eigenvalue weighted by Crippen LogP contribution is 2.41. The molecule has 0 spiro atoms. The van der Waals surface area contributed by atoms with Crippen LogP contribution in [0.1, 0.15) is 23.6 Å². The molecule has 0 amide bonds. The van der Waals surface area contributed by atoms with Crippen LogP contribution in [0, 0.1) is 0 Å². The Morgan fingerprint density at radius 2 is 1.20 bits per heavy atom. The van der Waals surface area contributed by atoms with Crippen LogP contribution < -0.4 is 0 Å². The minimum atomic E-state index is 0.654. The number of fused-ring (bicyclic) bond motifs is 5. The van der Waals surface area contributed by atoms with Crippen molar-refractivity contribution in [1.29, 1.82) is 0 Å². The van der Waals surface area contributed by atoms with Crippen LogP contribution in [0.4, 0.5) is 0 Å². The Balaban J connectivity index is 1.24. The van der Waals surface area contributed by atoms with E-state index in [9.17, 15) is 0 Å².